The average Bonchev–Trinajstić information content (AvgIpc) is 3.24. The van der Waals surface area contributed by atoms with Crippen LogP contribution in [0.2, 0.25) is 0 Å². The van der Waals surface area contributed by atoms with Gasteiger partial charge in [0.25, 0.3) is 0 Å². The lowest BCUT2D eigenvalue weighted by atomic mass is 9.98. The summed E-state index contributed by atoms with van der Waals surface area (Å²) in [5.41, 5.74) is 12.7. The highest BCUT2D eigenvalue weighted by Gasteiger charge is 2.35. The predicted molar refractivity (Wildman–Crippen MR) is 234 cm³/mol. The second-order valence-electron chi connectivity index (χ2n) is 16.2. The molecule has 0 saturated carbocycles. The molecule has 0 heterocycles. The zero-order valence-electron chi connectivity index (χ0n) is 36.9. The van der Waals surface area contributed by atoms with Crippen molar-refractivity contribution in [3.05, 3.63) is 71.8 Å². The SMILES string of the molecule is CC[C@H](C)[C@H](NC(=O)[C@H](CC(=O)O)NC(=O)[C@H](CC(C)C)NC(=O)[C@H](Cc1ccccc1)NC(=O)[C@H](CCC(N)=O)NC(=O)[C@H](CCC(=O)O)NC(=O)[C@@H](N)Cc1ccccc1)C(=O)O. The van der Waals surface area contributed by atoms with Crippen molar-refractivity contribution in [3.8, 4) is 0 Å². The Kier molecular flexibility index (Phi) is 22.8. The number of carboxylic acids is 3. The predicted octanol–water partition coefficient (Wildman–Crippen LogP) is -0.510. The number of rotatable bonds is 29. The van der Waals surface area contributed by atoms with Crippen LogP contribution in [0.3, 0.4) is 0 Å². The van der Waals surface area contributed by atoms with Gasteiger partial charge in [-0.2, -0.15) is 0 Å². The summed E-state index contributed by atoms with van der Waals surface area (Å²) < 4.78 is 0. The average molecular weight is 911 g/mol. The van der Waals surface area contributed by atoms with Crippen LogP contribution in [0.4, 0.5) is 0 Å². The van der Waals surface area contributed by atoms with Crippen LogP contribution < -0.4 is 43.4 Å². The third-order valence-electron chi connectivity index (χ3n) is 10.3. The molecule has 0 spiro atoms. The van der Waals surface area contributed by atoms with E-state index in [1.54, 1.807) is 88.4 Å². The van der Waals surface area contributed by atoms with E-state index in [4.69, 9.17) is 11.5 Å². The fraction of sp³-hybridized carbons (Fsp3) is 0.500. The third kappa shape index (κ3) is 20.0. The first-order chi connectivity index (χ1) is 30.6. The number of benzene rings is 2. The molecule has 0 radical (unpaired) electrons. The Balaban J connectivity index is 2.44. The molecule has 0 aliphatic heterocycles. The first-order valence-corrected chi connectivity index (χ1v) is 21.2. The number of nitrogens with two attached hydrogens (primary N) is 2. The van der Waals surface area contributed by atoms with Crippen molar-refractivity contribution in [2.45, 2.75) is 128 Å². The molecule has 0 fully saturated rings. The van der Waals surface area contributed by atoms with Gasteiger partial charge in [0.2, 0.25) is 41.4 Å². The second-order valence-corrected chi connectivity index (χ2v) is 16.2. The molecule has 0 bridgehead atoms. The van der Waals surface area contributed by atoms with Gasteiger partial charge in [0.15, 0.2) is 0 Å². The van der Waals surface area contributed by atoms with Crippen LogP contribution in [0, 0.1) is 11.8 Å². The lowest BCUT2D eigenvalue weighted by Gasteiger charge is -2.28. The van der Waals surface area contributed by atoms with Crippen LogP contribution in [-0.4, -0.2) is 117 Å². The highest BCUT2D eigenvalue weighted by atomic mass is 16.4. The number of hydrogen-bond acceptors (Lipinski definition) is 11. The highest BCUT2D eigenvalue weighted by Crippen LogP contribution is 2.13. The summed E-state index contributed by atoms with van der Waals surface area (Å²) in [6.45, 7) is 6.70. The molecule has 356 valence electrons. The number of hydrogen-bond donors (Lipinski definition) is 11. The van der Waals surface area contributed by atoms with Gasteiger partial charge in [-0.3, -0.25) is 43.2 Å². The van der Waals surface area contributed by atoms with Crippen molar-refractivity contribution in [3.63, 3.8) is 0 Å². The van der Waals surface area contributed by atoms with Gasteiger partial charge in [-0.1, -0.05) is 94.8 Å². The minimum atomic E-state index is -1.75. The number of nitrogens with one attached hydrogen (secondary N) is 6. The summed E-state index contributed by atoms with van der Waals surface area (Å²) in [5.74, 6) is -11.6. The summed E-state index contributed by atoms with van der Waals surface area (Å²) in [6, 6.07) is 6.75. The first-order valence-electron chi connectivity index (χ1n) is 21.2. The molecule has 0 aromatic heterocycles. The normalized spacial score (nSPS) is 14.7. The Hall–Kier alpha value is -6.90. The Bertz CT molecular complexity index is 1970. The molecular formula is C44H62N8O13. The number of carboxylic acid groups (broad SMARTS) is 3. The molecule has 0 aliphatic rings. The minimum Gasteiger partial charge on any atom is -0.481 e. The van der Waals surface area contributed by atoms with Crippen molar-refractivity contribution >= 4 is 59.3 Å². The fourth-order valence-corrected chi connectivity index (χ4v) is 6.50. The highest BCUT2D eigenvalue weighted by molar-refractivity contribution is 5.98. The van der Waals surface area contributed by atoms with E-state index in [0.717, 1.165) is 0 Å². The van der Waals surface area contributed by atoms with E-state index in [-0.39, 0.29) is 25.2 Å². The minimum absolute atomic E-state index is 0.0502. The Morgan fingerprint density at radius 1 is 0.538 bits per heavy atom. The largest absolute Gasteiger partial charge is 0.481 e. The lowest BCUT2D eigenvalue weighted by Crippen LogP contribution is -2.60. The Morgan fingerprint density at radius 2 is 0.969 bits per heavy atom. The summed E-state index contributed by atoms with van der Waals surface area (Å²) in [4.78, 5) is 129. The Morgan fingerprint density at radius 3 is 1.45 bits per heavy atom. The molecule has 7 amide bonds. The van der Waals surface area contributed by atoms with Crippen molar-refractivity contribution in [2.75, 3.05) is 0 Å². The van der Waals surface area contributed by atoms with E-state index >= 15 is 0 Å². The monoisotopic (exact) mass is 910 g/mol. The molecule has 0 saturated heterocycles. The molecule has 0 aliphatic carbocycles. The molecule has 21 nitrogen and oxygen atoms in total. The van der Waals surface area contributed by atoms with E-state index in [9.17, 15) is 63.3 Å². The van der Waals surface area contributed by atoms with Crippen LogP contribution in [0.1, 0.15) is 83.8 Å². The maximum atomic E-state index is 14.2. The van der Waals surface area contributed by atoms with Crippen molar-refractivity contribution < 1.29 is 63.3 Å². The Labute approximate surface area is 376 Å². The third-order valence-corrected chi connectivity index (χ3v) is 10.3. The standard InChI is InChI=1S/C44H62N8O13/c1-5-25(4)37(44(64)65)52-43(63)33(23-36(56)57)51-41(61)31(20-24(2)3)49-42(62)32(22-27-14-10-7-11-15-27)50-40(60)29(16-18-34(46)53)48-39(59)30(17-19-35(54)55)47-38(58)28(45)21-26-12-8-6-9-13-26/h6-15,24-25,28-33,37H,5,16-23,45H2,1-4H3,(H2,46,53)(H,47,58)(H,48,59)(H,49,62)(H,50,60)(H,51,61)(H,52,63)(H,54,55)(H,56,57)(H,64,65)/t25-,28-,29-,30-,31-,32-,33-,37-/m0/s1. The number of aliphatic carboxylic acids is 3. The van der Waals surface area contributed by atoms with Gasteiger partial charge in [0, 0.05) is 19.3 Å². The zero-order chi connectivity index (χ0) is 48.8. The number of amides is 7. The van der Waals surface area contributed by atoms with Crippen molar-refractivity contribution in [2.24, 2.45) is 23.3 Å². The lowest BCUT2D eigenvalue weighted by molar-refractivity contribution is -0.145. The van der Waals surface area contributed by atoms with Crippen LogP contribution >= 0.6 is 0 Å². The smallest absolute Gasteiger partial charge is 0.326 e. The molecule has 65 heavy (non-hydrogen) atoms. The van der Waals surface area contributed by atoms with Gasteiger partial charge < -0.3 is 58.7 Å². The fourth-order valence-electron chi connectivity index (χ4n) is 6.50. The van der Waals surface area contributed by atoms with Gasteiger partial charge in [-0.15, -0.1) is 0 Å². The molecule has 8 atom stereocenters. The van der Waals surface area contributed by atoms with Gasteiger partial charge in [0.05, 0.1) is 12.5 Å². The van der Waals surface area contributed by atoms with E-state index < -0.39 is 140 Å². The van der Waals surface area contributed by atoms with Crippen molar-refractivity contribution in [1.29, 1.82) is 0 Å². The summed E-state index contributed by atoms with van der Waals surface area (Å²) in [7, 11) is 0. The number of primary amides is 1. The van der Waals surface area contributed by atoms with Gasteiger partial charge in [0.1, 0.15) is 36.3 Å². The summed E-state index contributed by atoms with van der Waals surface area (Å²) >= 11 is 0. The van der Waals surface area contributed by atoms with E-state index in [1.807, 2.05) is 0 Å². The second kappa shape index (κ2) is 27.3. The molecule has 13 N–H and O–H groups in total. The van der Waals surface area contributed by atoms with Gasteiger partial charge in [-0.05, 0) is 48.6 Å². The van der Waals surface area contributed by atoms with Crippen LogP contribution in [-0.2, 0) is 60.8 Å². The van der Waals surface area contributed by atoms with E-state index in [0.29, 0.717) is 17.5 Å². The summed E-state index contributed by atoms with van der Waals surface area (Å²) in [6.07, 6.45) is -2.55. The quantitative estimate of drug-likeness (QED) is 0.0490. The number of carbonyl (C=O) groups is 10. The molecule has 2 rings (SSSR count). The van der Waals surface area contributed by atoms with Gasteiger partial charge in [-0.25, -0.2) is 4.79 Å². The van der Waals surface area contributed by atoms with Crippen molar-refractivity contribution in [1.82, 2.24) is 31.9 Å². The van der Waals surface area contributed by atoms with E-state index in [2.05, 4.69) is 31.9 Å². The maximum Gasteiger partial charge on any atom is 0.326 e. The summed E-state index contributed by atoms with van der Waals surface area (Å²) in [5, 5.41) is 43.3. The van der Waals surface area contributed by atoms with E-state index in [1.165, 1.54) is 0 Å². The van der Waals surface area contributed by atoms with Crippen LogP contribution in [0.5, 0.6) is 0 Å². The van der Waals surface area contributed by atoms with Crippen LogP contribution in [0.25, 0.3) is 0 Å². The molecule has 2 aromatic rings. The maximum absolute atomic E-state index is 14.2. The molecule has 21 heteroatoms. The van der Waals surface area contributed by atoms with Gasteiger partial charge >= 0.3 is 17.9 Å². The molecule has 0 unspecified atom stereocenters. The van der Waals surface area contributed by atoms with Crippen LogP contribution in [0.15, 0.2) is 60.7 Å². The topological polar surface area (TPSA) is 356 Å². The molecular weight excluding hydrogens is 849 g/mol. The number of carbonyl (C=O) groups excluding carboxylic acids is 7. The first kappa shape index (κ1) is 54.2. The zero-order valence-corrected chi connectivity index (χ0v) is 36.9. The molecule has 2 aromatic carbocycles.